The van der Waals surface area contributed by atoms with E-state index in [2.05, 4.69) is 32.6 Å². The van der Waals surface area contributed by atoms with E-state index >= 15 is 0 Å². The summed E-state index contributed by atoms with van der Waals surface area (Å²) in [6.07, 6.45) is 0. The predicted molar refractivity (Wildman–Crippen MR) is 64.0 cm³/mol. The minimum Gasteiger partial charge on any atom is -0.375 e. The first-order valence-electron chi connectivity index (χ1n) is 5.37. The standard InChI is InChI=1S/C13H20FN/c1-6-15(5)12-9-10(14)7-8-11(12)13(2,3)4/h7-9H,6H2,1-5H3. The molecule has 0 saturated carbocycles. The summed E-state index contributed by atoms with van der Waals surface area (Å²) < 4.78 is 13.2. The van der Waals surface area contributed by atoms with Gasteiger partial charge in [-0.15, -0.1) is 0 Å². The molecule has 1 rings (SSSR count). The zero-order valence-corrected chi connectivity index (χ0v) is 10.3. The Bertz CT molecular complexity index is 339. The summed E-state index contributed by atoms with van der Waals surface area (Å²) in [7, 11) is 1.99. The zero-order valence-electron chi connectivity index (χ0n) is 10.3. The van der Waals surface area contributed by atoms with Crippen molar-refractivity contribution < 1.29 is 4.39 Å². The number of anilines is 1. The van der Waals surface area contributed by atoms with Gasteiger partial charge in [0.15, 0.2) is 0 Å². The second-order valence-electron chi connectivity index (χ2n) is 4.93. The molecule has 0 bridgehead atoms. The Hall–Kier alpha value is -1.05. The van der Waals surface area contributed by atoms with Gasteiger partial charge in [0.1, 0.15) is 5.82 Å². The molecule has 1 nitrogen and oxygen atoms in total. The Balaban J connectivity index is 3.27. The minimum atomic E-state index is -0.168. The van der Waals surface area contributed by atoms with Crippen LogP contribution in [0, 0.1) is 5.82 Å². The Morgan fingerprint density at radius 2 is 1.87 bits per heavy atom. The molecule has 0 heterocycles. The van der Waals surface area contributed by atoms with Crippen molar-refractivity contribution in [3.8, 4) is 0 Å². The lowest BCUT2D eigenvalue weighted by Crippen LogP contribution is -2.22. The fourth-order valence-corrected chi connectivity index (χ4v) is 1.63. The Labute approximate surface area is 91.9 Å². The van der Waals surface area contributed by atoms with Crippen LogP contribution in [-0.2, 0) is 5.41 Å². The third kappa shape index (κ3) is 2.71. The van der Waals surface area contributed by atoms with Gasteiger partial charge in [0, 0.05) is 19.3 Å². The van der Waals surface area contributed by atoms with E-state index in [0.29, 0.717) is 0 Å². The molecular formula is C13H20FN. The summed E-state index contributed by atoms with van der Waals surface area (Å²) in [5.74, 6) is -0.168. The number of hydrogen-bond donors (Lipinski definition) is 0. The van der Waals surface area contributed by atoms with Gasteiger partial charge in [-0.3, -0.25) is 0 Å². The van der Waals surface area contributed by atoms with E-state index in [0.717, 1.165) is 12.2 Å². The van der Waals surface area contributed by atoms with E-state index in [1.165, 1.54) is 11.6 Å². The SMILES string of the molecule is CCN(C)c1cc(F)ccc1C(C)(C)C. The topological polar surface area (TPSA) is 3.24 Å². The highest BCUT2D eigenvalue weighted by Crippen LogP contribution is 2.31. The van der Waals surface area contributed by atoms with Crippen molar-refractivity contribution in [2.75, 3.05) is 18.5 Å². The maximum atomic E-state index is 13.2. The average Bonchev–Trinajstić information content (AvgIpc) is 2.14. The maximum Gasteiger partial charge on any atom is 0.125 e. The smallest absolute Gasteiger partial charge is 0.125 e. The quantitative estimate of drug-likeness (QED) is 0.719. The molecule has 0 N–H and O–H groups in total. The lowest BCUT2D eigenvalue weighted by atomic mass is 9.85. The van der Waals surface area contributed by atoms with Crippen LogP contribution < -0.4 is 4.90 Å². The molecule has 0 aliphatic carbocycles. The summed E-state index contributed by atoms with van der Waals surface area (Å²) in [5, 5.41) is 0. The highest BCUT2D eigenvalue weighted by atomic mass is 19.1. The first-order valence-corrected chi connectivity index (χ1v) is 5.37. The van der Waals surface area contributed by atoms with Crippen molar-refractivity contribution in [1.82, 2.24) is 0 Å². The van der Waals surface area contributed by atoms with Gasteiger partial charge in [0.25, 0.3) is 0 Å². The number of hydrogen-bond acceptors (Lipinski definition) is 1. The number of rotatable bonds is 2. The molecule has 1 aromatic rings. The first-order chi connectivity index (χ1) is 6.86. The molecule has 0 aliphatic heterocycles. The molecule has 2 heteroatoms. The fourth-order valence-electron chi connectivity index (χ4n) is 1.63. The molecule has 0 spiro atoms. The van der Waals surface area contributed by atoms with Gasteiger partial charge < -0.3 is 4.90 Å². The van der Waals surface area contributed by atoms with E-state index in [4.69, 9.17) is 0 Å². The zero-order chi connectivity index (χ0) is 11.6. The van der Waals surface area contributed by atoms with Gasteiger partial charge in [-0.2, -0.15) is 0 Å². The second-order valence-corrected chi connectivity index (χ2v) is 4.93. The lowest BCUT2D eigenvalue weighted by Gasteiger charge is -2.28. The first kappa shape index (κ1) is 12.0. The normalized spacial score (nSPS) is 11.6. The fraction of sp³-hybridized carbons (Fsp3) is 0.538. The predicted octanol–water partition coefficient (Wildman–Crippen LogP) is 3.58. The van der Waals surface area contributed by atoms with Crippen molar-refractivity contribution in [1.29, 1.82) is 0 Å². The van der Waals surface area contributed by atoms with Crippen LogP contribution >= 0.6 is 0 Å². The minimum absolute atomic E-state index is 0.0481. The van der Waals surface area contributed by atoms with Crippen LogP contribution in [0.1, 0.15) is 33.3 Å². The van der Waals surface area contributed by atoms with Gasteiger partial charge >= 0.3 is 0 Å². The summed E-state index contributed by atoms with van der Waals surface area (Å²) in [5.41, 5.74) is 2.23. The summed E-state index contributed by atoms with van der Waals surface area (Å²) in [6, 6.07) is 5.04. The number of nitrogens with zero attached hydrogens (tertiary/aromatic N) is 1. The lowest BCUT2D eigenvalue weighted by molar-refractivity contribution is 0.581. The van der Waals surface area contributed by atoms with Crippen LogP contribution in [0.4, 0.5) is 10.1 Å². The van der Waals surface area contributed by atoms with Crippen LogP contribution in [-0.4, -0.2) is 13.6 Å². The third-order valence-electron chi connectivity index (χ3n) is 2.65. The van der Waals surface area contributed by atoms with Crippen LogP contribution in [0.25, 0.3) is 0 Å². The molecule has 0 aliphatic rings. The Kier molecular flexibility index (Phi) is 3.38. The van der Waals surface area contributed by atoms with Crippen molar-refractivity contribution in [3.05, 3.63) is 29.6 Å². The Morgan fingerprint density at radius 3 is 2.33 bits per heavy atom. The van der Waals surface area contributed by atoms with Gasteiger partial charge in [0.05, 0.1) is 0 Å². The van der Waals surface area contributed by atoms with Crippen molar-refractivity contribution in [3.63, 3.8) is 0 Å². The van der Waals surface area contributed by atoms with Crippen molar-refractivity contribution in [2.45, 2.75) is 33.1 Å². The van der Waals surface area contributed by atoms with Crippen LogP contribution in [0.5, 0.6) is 0 Å². The van der Waals surface area contributed by atoms with E-state index in [-0.39, 0.29) is 11.2 Å². The van der Waals surface area contributed by atoms with Crippen LogP contribution in [0.15, 0.2) is 18.2 Å². The molecule has 0 radical (unpaired) electrons. The van der Waals surface area contributed by atoms with Gasteiger partial charge in [-0.25, -0.2) is 4.39 Å². The molecule has 15 heavy (non-hydrogen) atoms. The van der Waals surface area contributed by atoms with Gasteiger partial charge in [0.2, 0.25) is 0 Å². The van der Waals surface area contributed by atoms with Crippen LogP contribution in [0.3, 0.4) is 0 Å². The molecule has 0 saturated heterocycles. The van der Waals surface area contributed by atoms with E-state index in [9.17, 15) is 4.39 Å². The molecule has 0 fully saturated rings. The molecule has 1 aromatic carbocycles. The third-order valence-corrected chi connectivity index (χ3v) is 2.65. The Morgan fingerprint density at radius 1 is 1.27 bits per heavy atom. The van der Waals surface area contributed by atoms with Gasteiger partial charge in [-0.1, -0.05) is 26.8 Å². The van der Waals surface area contributed by atoms with Crippen LogP contribution in [0.2, 0.25) is 0 Å². The average molecular weight is 209 g/mol. The van der Waals surface area contributed by atoms with Crippen molar-refractivity contribution in [2.24, 2.45) is 0 Å². The highest BCUT2D eigenvalue weighted by Gasteiger charge is 2.19. The van der Waals surface area contributed by atoms with Crippen molar-refractivity contribution >= 4 is 5.69 Å². The van der Waals surface area contributed by atoms with E-state index in [1.54, 1.807) is 6.07 Å². The number of benzene rings is 1. The molecule has 0 amide bonds. The highest BCUT2D eigenvalue weighted by molar-refractivity contribution is 5.56. The largest absolute Gasteiger partial charge is 0.375 e. The number of halogens is 1. The van der Waals surface area contributed by atoms with E-state index < -0.39 is 0 Å². The maximum absolute atomic E-state index is 13.2. The summed E-state index contributed by atoms with van der Waals surface area (Å²) in [6.45, 7) is 9.39. The molecular weight excluding hydrogens is 189 g/mol. The summed E-state index contributed by atoms with van der Waals surface area (Å²) >= 11 is 0. The molecule has 0 unspecified atom stereocenters. The monoisotopic (exact) mass is 209 g/mol. The molecule has 84 valence electrons. The second kappa shape index (κ2) is 4.21. The molecule has 0 aromatic heterocycles. The van der Waals surface area contributed by atoms with Gasteiger partial charge in [-0.05, 0) is 30.0 Å². The summed E-state index contributed by atoms with van der Waals surface area (Å²) in [4.78, 5) is 2.07. The van der Waals surface area contributed by atoms with E-state index in [1.807, 2.05) is 13.1 Å². The molecule has 0 atom stereocenters.